The van der Waals surface area contributed by atoms with Crippen LogP contribution in [0.4, 0.5) is 0 Å². The third-order valence-electron chi connectivity index (χ3n) is 2.24. The summed E-state index contributed by atoms with van der Waals surface area (Å²) >= 11 is 3.35. The normalized spacial score (nSPS) is 10.2. The lowest BCUT2D eigenvalue weighted by Crippen LogP contribution is -2.27. The van der Waals surface area contributed by atoms with Gasteiger partial charge in [-0.2, -0.15) is 0 Å². The zero-order valence-corrected chi connectivity index (χ0v) is 12.2. The number of ether oxygens (including phenoxy) is 2. The standard InChI is InChI=1S/C13H18BrNO3/c1-3-7-18-12-5-4-10(14)9-11(12)13(16)15-6-8-17-2/h4-5,9H,3,6-8H2,1-2H3,(H,15,16). The van der Waals surface area contributed by atoms with Crippen molar-refractivity contribution in [1.29, 1.82) is 0 Å². The minimum absolute atomic E-state index is 0.153. The maximum Gasteiger partial charge on any atom is 0.255 e. The van der Waals surface area contributed by atoms with Gasteiger partial charge in [-0.3, -0.25) is 4.79 Å². The fourth-order valence-corrected chi connectivity index (χ4v) is 1.74. The Balaban J connectivity index is 2.76. The van der Waals surface area contributed by atoms with Crippen LogP contribution in [0.1, 0.15) is 23.7 Å². The molecule has 1 N–H and O–H groups in total. The molecule has 5 heteroatoms. The maximum absolute atomic E-state index is 12.0. The average molecular weight is 316 g/mol. The Hall–Kier alpha value is -1.07. The van der Waals surface area contributed by atoms with Gasteiger partial charge < -0.3 is 14.8 Å². The van der Waals surface area contributed by atoms with Gasteiger partial charge in [-0.25, -0.2) is 0 Å². The van der Waals surface area contributed by atoms with Crippen molar-refractivity contribution < 1.29 is 14.3 Å². The van der Waals surface area contributed by atoms with Crippen LogP contribution in [0.5, 0.6) is 5.75 Å². The summed E-state index contributed by atoms with van der Waals surface area (Å²) in [5.74, 6) is 0.453. The molecule has 0 aromatic heterocycles. The van der Waals surface area contributed by atoms with Crippen molar-refractivity contribution in [2.75, 3.05) is 26.9 Å². The topological polar surface area (TPSA) is 47.6 Å². The maximum atomic E-state index is 12.0. The van der Waals surface area contributed by atoms with Crippen molar-refractivity contribution in [3.63, 3.8) is 0 Å². The molecule has 0 aliphatic carbocycles. The minimum atomic E-state index is -0.153. The van der Waals surface area contributed by atoms with Crippen molar-refractivity contribution >= 4 is 21.8 Å². The van der Waals surface area contributed by atoms with E-state index in [0.717, 1.165) is 10.9 Å². The Morgan fingerprint density at radius 2 is 2.17 bits per heavy atom. The highest BCUT2D eigenvalue weighted by Gasteiger charge is 2.12. The quantitative estimate of drug-likeness (QED) is 0.787. The third-order valence-corrected chi connectivity index (χ3v) is 2.73. The number of hydrogen-bond acceptors (Lipinski definition) is 3. The van der Waals surface area contributed by atoms with Crippen molar-refractivity contribution in [3.8, 4) is 5.75 Å². The Bertz CT molecular complexity index is 396. The molecule has 0 saturated carbocycles. The first-order chi connectivity index (χ1) is 8.69. The van der Waals surface area contributed by atoms with Crippen LogP contribution in [0.2, 0.25) is 0 Å². The van der Waals surface area contributed by atoms with E-state index in [1.165, 1.54) is 0 Å². The minimum Gasteiger partial charge on any atom is -0.493 e. The Morgan fingerprint density at radius 3 is 2.83 bits per heavy atom. The third kappa shape index (κ3) is 4.66. The number of carbonyl (C=O) groups excluding carboxylic acids is 1. The SMILES string of the molecule is CCCOc1ccc(Br)cc1C(=O)NCCOC. The predicted octanol–water partition coefficient (Wildman–Crippen LogP) is 2.61. The number of carbonyl (C=O) groups is 1. The molecule has 1 rings (SSSR count). The van der Waals surface area contributed by atoms with E-state index in [9.17, 15) is 4.79 Å². The van der Waals surface area contributed by atoms with E-state index in [4.69, 9.17) is 9.47 Å². The first-order valence-electron chi connectivity index (χ1n) is 5.88. The van der Waals surface area contributed by atoms with E-state index < -0.39 is 0 Å². The smallest absolute Gasteiger partial charge is 0.255 e. The van der Waals surface area contributed by atoms with E-state index >= 15 is 0 Å². The highest BCUT2D eigenvalue weighted by atomic mass is 79.9. The van der Waals surface area contributed by atoms with Crippen molar-refractivity contribution in [2.45, 2.75) is 13.3 Å². The Kier molecular flexibility index (Phi) is 6.75. The molecule has 0 unspecified atom stereocenters. The number of halogens is 1. The molecule has 0 heterocycles. The van der Waals surface area contributed by atoms with E-state index in [1.807, 2.05) is 13.0 Å². The van der Waals surface area contributed by atoms with Gasteiger partial charge in [-0.1, -0.05) is 22.9 Å². The first kappa shape index (κ1) is 15.0. The number of rotatable bonds is 7. The molecule has 0 aliphatic rings. The molecule has 1 aromatic rings. The molecule has 1 aromatic carbocycles. The summed E-state index contributed by atoms with van der Waals surface area (Å²) in [6.45, 7) is 3.59. The van der Waals surface area contributed by atoms with Gasteiger partial charge in [0.1, 0.15) is 5.75 Å². The van der Waals surface area contributed by atoms with Gasteiger partial charge in [-0.05, 0) is 24.6 Å². The summed E-state index contributed by atoms with van der Waals surface area (Å²) in [5, 5.41) is 2.78. The monoisotopic (exact) mass is 315 g/mol. The van der Waals surface area contributed by atoms with Crippen molar-refractivity contribution in [3.05, 3.63) is 28.2 Å². The molecular formula is C13H18BrNO3. The summed E-state index contributed by atoms with van der Waals surface area (Å²) in [7, 11) is 1.60. The number of amides is 1. The zero-order valence-electron chi connectivity index (χ0n) is 10.7. The Morgan fingerprint density at radius 1 is 1.39 bits per heavy atom. The summed E-state index contributed by atoms with van der Waals surface area (Å²) in [4.78, 5) is 12.0. The molecule has 0 spiro atoms. The molecule has 0 aliphatic heterocycles. The van der Waals surface area contributed by atoms with E-state index in [1.54, 1.807) is 19.2 Å². The molecule has 0 radical (unpaired) electrons. The largest absolute Gasteiger partial charge is 0.493 e. The number of methoxy groups -OCH3 is 1. The molecular weight excluding hydrogens is 298 g/mol. The van der Waals surface area contributed by atoms with Crippen LogP contribution in [0.15, 0.2) is 22.7 Å². The van der Waals surface area contributed by atoms with Crippen LogP contribution < -0.4 is 10.1 Å². The predicted molar refractivity (Wildman–Crippen MR) is 74.1 cm³/mol. The molecule has 0 saturated heterocycles. The van der Waals surface area contributed by atoms with Crippen LogP contribution in [0, 0.1) is 0 Å². The second-order valence-corrected chi connectivity index (χ2v) is 4.65. The van der Waals surface area contributed by atoms with Gasteiger partial charge in [0.05, 0.1) is 18.8 Å². The fourth-order valence-electron chi connectivity index (χ4n) is 1.38. The van der Waals surface area contributed by atoms with Crippen LogP contribution in [-0.2, 0) is 4.74 Å². The van der Waals surface area contributed by atoms with Gasteiger partial charge in [0, 0.05) is 18.1 Å². The molecule has 0 bridgehead atoms. The number of benzene rings is 1. The highest BCUT2D eigenvalue weighted by molar-refractivity contribution is 9.10. The lowest BCUT2D eigenvalue weighted by Gasteiger charge is -2.11. The van der Waals surface area contributed by atoms with Gasteiger partial charge >= 0.3 is 0 Å². The van der Waals surface area contributed by atoms with E-state index in [-0.39, 0.29) is 5.91 Å². The van der Waals surface area contributed by atoms with Crippen molar-refractivity contribution in [1.82, 2.24) is 5.32 Å². The average Bonchev–Trinajstić information content (AvgIpc) is 2.37. The second kappa shape index (κ2) is 8.11. The van der Waals surface area contributed by atoms with Crippen LogP contribution in [0.25, 0.3) is 0 Å². The molecule has 100 valence electrons. The van der Waals surface area contributed by atoms with Gasteiger partial charge in [0.15, 0.2) is 0 Å². The Labute approximate surface area is 116 Å². The lowest BCUT2D eigenvalue weighted by molar-refractivity contribution is 0.0933. The molecule has 18 heavy (non-hydrogen) atoms. The van der Waals surface area contributed by atoms with Gasteiger partial charge in [0.2, 0.25) is 0 Å². The number of nitrogens with one attached hydrogen (secondary N) is 1. The van der Waals surface area contributed by atoms with Crippen molar-refractivity contribution in [2.24, 2.45) is 0 Å². The summed E-state index contributed by atoms with van der Waals surface area (Å²) in [6, 6.07) is 5.41. The van der Waals surface area contributed by atoms with Gasteiger partial charge in [0.25, 0.3) is 5.91 Å². The summed E-state index contributed by atoms with van der Waals surface area (Å²) < 4.78 is 11.3. The van der Waals surface area contributed by atoms with Crippen LogP contribution >= 0.6 is 15.9 Å². The van der Waals surface area contributed by atoms with Crippen LogP contribution in [0.3, 0.4) is 0 Å². The summed E-state index contributed by atoms with van der Waals surface area (Å²) in [6.07, 6.45) is 0.904. The molecule has 1 amide bonds. The molecule has 0 atom stereocenters. The highest BCUT2D eigenvalue weighted by Crippen LogP contribution is 2.23. The van der Waals surface area contributed by atoms with E-state index in [2.05, 4.69) is 21.2 Å². The second-order valence-electron chi connectivity index (χ2n) is 3.74. The van der Waals surface area contributed by atoms with Gasteiger partial charge in [-0.15, -0.1) is 0 Å². The van der Waals surface area contributed by atoms with E-state index in [0.29, 0.717) is 31.1 Å². The summed E-state index contributed by atoms with van der Waals surface area (Å²) in [5.41, 5.74) is 0.536. The van der Waals surface area contributed by atoms with Crippen LogP contribution in [-0.4, -0.2) is 32.8 Å². The fraction of sp³-hybridized carbons (Fsp3) is 0.462. The lowest BCUT2D eigenvalue weighted by atomic mass is 10.2. The zero-order chi connectivity index (χ0) is 13.4. The number of hydrogen-bond donors (Lipinski definition) is 1. The molecule has 0 fully saturated rings. The molecule has 4 nitrogen and oxygen atoms in total. The first-order valence-corrected chi connectivity index (χ1v) is 6.67.